The summed E-state index contributed by atoms with van der Waals surface area (Å²) < 4.78 is 5.67. The second kappa shape index (κ2) is 6.59. The van der Waals surface area contributed by atoms with Crippen LogP contribution in [0.25, 0.3) is 0 Å². The van der Waals surface area contributed by atoms with Crippen molar-refractivity contribution in [3.63, 3.8) is 0 Å². The minimum Gasteiger partial charge on any atom is -0.367 e. The molecule has 0 spiro atoms. The van der Waals surface area contributed by atoms with Crippen LogP contribution in [-0.4, -0.2) is 45.5 Å². The standard InChI is InChI=1S/C15H18N4O3S/c1-9-5-13(20)18-15(16-9)12-7-19(3-4-22-12)14(21)6-11-8-23-10(2)17-11/h5,8,12H,3-4,6-7H2,1-2H3,(H,16,18,20)/t12-/m1/s1. The van der Waals surface area contributed by atoms with Crippen LogP contribution in [0.2, 0.25) is 0 Å². The topological polar surface area (TPSA) is 88.2 Å². The van der Waals surface area contributed by atoms with Gasteiger partial charge in [-0.15, -0.1) is 11.3 Å². The summed E-state index contributed by atoms with van der Waals surface area (Å²) in [6, 6.07) is 1.43. The Labute approximate surface area is 137 Å². The maximum atomic E-state index is 12.4. The van der Waals surface area contributed by atoms with Gasteiger partial charge in [-0.2, -0.15) is 0 Å². The number of hydrogen-bond acceptors (Lipinski definition) is 6. The number of thiazole rings is 1. The Morgan fingerprint density at radius 1 is 1.48 bits per heavy atom. The molecule has 0 aromatic carbocycles. The van der Waals surface area contributed by atoms with Crippen LogP contribution in [0.1, 0.15) is 28.3 Å². The summed E-state index contributed by atoms with van der Waals surface area (Å²) >= 11 is 1.54. The van der Waals surface area contributed by atoms with E-state index in [1.807, 2.05) is 12.3 Å². The van der Waals surface area contributed by atoms with E-state index >= 15 is 0 Å². The van der Waals surface area contributed by atoms with Crippen molar-refractivity contribution in [1.82, 2.24) is 19.9 Å². The van der Waals surface area contributed by atoms with E-state index in [9.17, 15) is 9.59 Å². The lowest BCUT2D eigenvalue weighted by Gasteiger charge is -2.32. The van der Waals surface area contributed by atoms with Gasteiger partial charge in [0.1, 0.15) is 11.9 Å². The van der Waals surface area contributed by atoms with Gasteiger partial charge >= 0.3 is 0 Å². The first kappa shape index (κ1) is 15.8. The number of aryl methyl sites for hydroxylation is 2. The Balaban J connectivity index is 1.70. The molecule has 1 fully saturated rings. The van der Waals surface area contributed by atoms with Gasteiger partial charge in [-0.05, 0) is 13.8 Å². The van der Waals surface area contributed by atoms with Gasteiger partial charge in [0, 0.05) is 23.7 Å². The molecule has 0 unspecified atom stereocenters. The van der Waals surface area contributed by atoms with Gasteiger partial charge in [0.2, 0.25) is 5.91 Å². The van der Waals surface area contributed by atoms with E-state index in [-0.39, 0.29) is 17.9 Å². The average Bonchev–Trinajstić information content (AvgIpc) is 2.91. The fourth-order valence-electron chi connectivity index (χ4n) is 2.55. The summed E-state index contributed by atoms with van der Waals surface area (Å²) in [5.41, 5.74) is 1.22. The van der Waals surface area contributed by atoms with Crippen molar-refractivity contribution in [2.45, 2.75) is 26.4 Å². The van der Waals surface area contributed by atoms with Crippen molar-refractivity contribution in [2.24, 2.45) is 0 Å². The van der Waals surface area contributed by atoms with E-state index in [1.54, 1.807) is 11.8 Å². The molecule has 7 nitrogen and oxygen atoms in total. The molecule has 23 heavy (non-hydrogen) atoms. The lowest BCUT2D eigenvalue weighted by molar-refractivity contribution is -0.138. The van der Waals surface area contributed by atoms with E-state index in [4.69, 9.17) is 4.74 Å². The molecule has 2 aromatic heterocycles. The normalized spacial score (nSPS) is 18.2. The number of nitrogens with zero attached hydrogens (tertiary/aromatic N) is 3. The Kier molecular flexibility index (Phi) is 4.53. The van der Waals surface area contributed by atoms with Crippen molar-refractivity contribution in [3.8, 4) is 0 Å². The van der Waals surface area contributed by atoms with E-state index in [0.717, 1.165) is 10.7 Å². The molecule has 2 aromatic rings. The van der Waals surface area contributed by atoms with Crippen LogP contribution in [0.5, 0.6) is 0 Å². The maximum absolute atomic E-state index is 12.4. The summed E-state index contributed by atoms with van der Waals surface area (Å²) in [4.78, 5) is 37.1. The zero-order valence-electron chi connectivity index (χ0n) is 13.0. The van der Waals surface area contributed by atoms with Crippen molar-refractivity contribution < 1.29 is 9.53 Å². The number of aromatic amines is 1. The number of carbonyl (C=O) groups excluding carboxylic acids is 1. The molecule has 1 N–H and O–H groups in total. The van der Waals surface area contributed by atoms with Crippen LogP contribution in [0.4, 0.5) is 0 Å². The predicted molar refractivity (Wildman–Crippen MR) is 85.4 cm³/mol. The molecule has 0 bridgehead atoms. The van der Waals surface area contributed by atoms with Crippen molar-refractivity contribution in [3.05, 3.63) is 44.0 Å². The van der Waals surface area contributed by atoms with Gasteiger partial charge in [-0.3, -0.25) is 9.59 Å². The summed E-state index contributed by atoms with van der Waals surface area (Å²) in [6.45, 7) is 5.02. The van der Waals surface area contributed by atoms with Gasteiger partial charge < -0.3 is 14.6 Å². The largest absolute Gasteiger partial charge is 0.367 e. The minimum atomic E-state index is -0.405. The quantitative estimate of drug-likeness (QED) is 0.904. The molecule has 122 valence electrons. The molecule has 3 rings (SSSR count). The van der Waals surface area contributed by atoms with Gasteiger partial charge in [0.15, 0.2) is 0 Å². The van der Waals surface area contributed by atoms with Crippen LogP contribution in [0, 0.1) is 13.8 Å². The second-order valence-electron chi connectivity index (χ2n) is 5.51. The Hall–Kier alpha value is -2.06. The number of amides is 1. The average molecular weight is 334 g/mol. The third-order valence-corrected chi connectivity index (χ3v) is 4.43. The van der Waals surface area contributed by atoms with Gasteiger partial charge in [-0.1, -0.05) is 0 Å². The number of aromatic nitrogens is 3. The van der Waals surface area contributed by atoms with Crippen LogP contribution >= 0.6 is 11.3 Å². The molecule has 3 heterocycles. The molecule has 8 heteroatoms. The Morgan fingerprint density at radius 3 is 3.00 bits per heavy atom. The third-order valence-electron chi connectivity index (χ3n) is 3.61. The lowest BCUT2D eigenvalue weighted by atomic mass is 10.2. The maximum Gasteiger partial charge on any atom is 0.251 e. The fraction of sp³-hybridized carbons (Fsp3) is 0.467. The van der Waals surface area contributed by atoms with Crippen molar-refractivity contribution >= 4 is 17.2 Å². The number of rotatable bonds is 3. The highest BCUT2D eigenvalue weighted by atomic mass is 32.1. The Bertz CT molecular complexity index is 770. The first-order valence-electron chi connectivity index (χ1n) is 7.39. The van der Waals surface area contributed by atoms with E-state index in [0.29, 0.717) is 31.2 Å². The van der Waals surface area contributed by atoms with Crippen LogP contribution in [0.15, 0.2) is 16.2 Å². The number of hydrogen-bond donors (Lipinski definition) is 1. The second-order valence-corrected chi connectivity index (χ2v) is 6.57. The molecule has 0 aliphatic carbocycles. The zero-order valence-corrected chi connectivity index (χ0v) is 13.9. The van der Waals surface area contributed by atoms with Crippen LogP contribution in [-0.2, 0) is 16.0 Å². The SMILES string of the molecule is Cc1cc(=O)[nH]c([C@H]2CN(C(=O)Cc3csc(C)n3)CCO2)n1. The molecule has 1 aliphatic rings. The number of carbonyl (C=O) groups is 1. The monoisotopic (exact) mass is 334 g/mol. The molecule has 1 atom stereocenters. The molecule has 0 radical (unpaired) electrons. The highest BCUT2D eigenvalue weighted by molar-refractivity contribution is 7.09. The summed E-state index contributed by atoms with van der Waals surface area (Å²) in [7, 11) is 0. The molecule has 1 amide bonds. The predicted octanol–water partition coefficient (Wildman–Crippen LogP) is 0.986. The van der Waals surface area contributed by atoms with Crippen LogP contribution < -0.4 is 5.56 Å². The number of H-pyrrole nitrogens is 1. The summed E-state index contributed by atoms with van der Waals surface area (Å²) in [5.74, 6) is 0.482. The first-order chi connectivity index (χ1) is 11.0. The highest BCUT2D eigenvalue weighted by Gasteiger charge is 2.27. The van der Waals surface area contributed by atoms with Crippen LogP contribution in [0.3, 0.4) is 0 Å². The number of morpholine rings is 1. The number of ether oxygens (including phenoxy) is 1. The van der Waals surface area contributed by atoms with Gasteiger partial charge in [0.05, 0.1) is 30.3 Å². The smallest absolute Gasteiger partial charge is 0.251 e. The third kappa shape index (κ3) is 3.83. The molecule has 1 aliphatic heterocycles. The van der Waals surface area contributed by atoms with E-state index in [1.165, 1.54) is 17.4 Å². The van der Waals surface area contributed by atoms with E-state index < -0.39 is 6.10 Å². The fourth-order valence-corrected chi connectivity index (χ4v) is 3.16. The first-order valence-corrected chi connectivity index (χ1v) is 8.27. The molecular weight excluding hydrogens is 316 g/mol. The summed E-state index contributed by atoms with van der Waals surface area (Å²) in [5, 5.41) is 2.86. The number of nitrogens with one attached hydrogen (secondary N) is 1. The van der Waals surface area contributed by atoms with Crippen molar-refractivity contribution in [2.75, 3.05) is 19.7 Å². The van der Waals surface area contributed by atoms with Gasteiger partial charge in [0.25, 0.3) is 5.56 Å². The molecule has 0 saturated carbocycles. The lowest BCUT2D eigenvalue weighted by Crippen LogP contribution is -2.43. The molecule has 1 saturated heterocycles. The van der Waals surface area contributed by atoms with Gasteiger partial charge in [-0.25, -0.2) is 9.97 Å². The minimum absolute atomic E-state index is 0.0126. The highest BCUT2D eigenvalue weighted by Crippen LogP contribution is 2.19. The molecular formula is C15H18N4O3S. The van der Waals surface area contributed by atoms with Crippen molar-refractivity contribution in [1.29, 1.82) is 0 Å². The van der Waals surface area contributed by atoms with E-state index in [2.05, 4.69) is 15.0 Å². The zero-order chi connectivity index (χ0) is 16.4. The Morgan fingerprint density at radius 2 is 2.30 bits per heavy atom. The summed E-state index contributed by atoms with van der Waals surface area (Å²) in [6.07, 6.45) is -0.119.